The normalized spacial score (nSPS) is 21.5. The number of hydrogen-bond acceptors (Lipinski definition) is 6. The summed E-state index contributed by atoms with van der Waals surface area (Å²) in [5.41, 5.74) is 0.694. The fourth-order valence-electron chi connectivity index (χ4n) is 3.23. The van der Waals surface area contributed by atoms with E-state index < -0.39 is 0 Å². The van der Waals surface area contributed by atoms with Crippen molar-refractivity contribution in [1.82, 2.24) is 15.0 Å². The lowest BCUT2D eigenvalue weighted by molar-refractivity contribution is 0.142. The fourth-order valence-corrected chi connectivity index (χ4v) is 3.23. The van der Waals surface area contributed by atoms with Crippen LogP contribution in [-0.2, 0) is 22.6 Å². The van der Waals surface area contributed by atoms with Crippen LogP contribution in [0.1, 0.15) is 23.2 Å². The van der Waals surface area contributed by atoms with E-state index in [4.69, 9.17) is 14.0 Å². The zero-order valence-corrected chi connectivity index (χ0v) is 13.9. The molecule has 1 aliphatic rings. The average Bonchev–Trinajstić information content (AvgIpc) is 3.17. The van der Waals surface area contributed by atoms with Gasteiger partial charge in [0.05, 0.1) is 12.5 Å². The van der Waals surface area contributed by atoms with E-state index in [0.717, 1.165) is 13.1 Å². The zero-order chi connectivity index (χ0) is 16.9. The number of methoxy groups -OCH3 is 2. The van der Waals surface area contributed by atoms with Crippen LogP contribution in [0.2, 0.25) is 0 Å². The lowest BCUT2D eigenvalue weighted by Gasteiger charge is -2.16. The van der Waals surface area contributed by atoms with Crippen molar-refractivity contribution in [2.75, 3.05) is 33.9 Å². The van der Waals surface area contributed by atoms with Gasteiger partial charge in [0.1, 0.15) is 12.4 Å². The molecule has 0 bridgehead atoms. The lowest BCUT2D eigenvalue weighted by atomic mass is 9.97. The minimum atomic E-state index is -0.176. The van der Waals surface area contributed by atoms with Crippen LogP contribution in [0.4, 0.5) is 4.39 Å². The zero-order valence-electron chi connectivity index (χ0n) is 13.9. The maximum absolute atomic E-state index is 13.9. The summed E-state index contributed by atoms with van der Waals surface area (Å²) in [7, 11) is 3.27. The van der Waals surface area contributed by atoms with Gasteiger partial charge in [-0.25, -0.2) is 4.39 Å². The minimum absolute atomic E-state index is 0.0785. The number of benzene rings is 1. The Bertz CT molecular complexity index is 664. The lowest BCUT2D eigenvalue weighted by Crippen LogP contribution is -2.21. The second-order valence-electron chi connectivity index (χ2n) is 6.09. The van der Waals surface area contributed by atoms with Crippen LogP contribution in [0, 0.1) is 11.7 Å². The minimum Gasteiger partial charge on any atom is -0.384 e. The number of nitrogens with zero attached hydrogens (tertiary/aromatic N) is 3. The molecule has 2 aromatic rings. The van der Waals surface area contributed by atoms with Crippen molar-refractivity contribution in [3.63, 3.8) is 0 Å². The smallest absolute Gasteiger partial charge is 0.231 e. The van der Waals surface area contributed by atoms with Gasteiger partial charge in [-0.2, -0.15) is 4.98 Å². The van der Waals surface area contributed by atoms with Crippen LogP contribution >= 0.6 is 0 Å². The maximum Gasteiger partial charge on any atom is 0.231 e. The molecule has 0 amide bonds. The van der Waals surface area contributed by atoms with Crippen LogP contribution in [0.5, 0.6) is 0 Å². The van der Waals surface area contributed by atoms with E-state index in [2.05, 4.69) is 15.0 Å². The van der Waals surface area contributed by atoms with Gasteiger partial charge in [-0.1, -0.05) is 23.4 Å². The van der Waals surface area contributed by atoms with Crippen molar-refractivity contribution in [3.05, 3.63) is 47.4 Å². The summed E-state index contributed by atoms with van der Waals surface area (Å²) >= 11 is 0. The topological polar surface area (TPSA) is 60.6 Å². The molecule has 1 aromatic carbocycles. The Morgan fingerprint density at radius 2 is 2.08 bits per heavy atom. The summed E-state index contributed by atoms with van der Waals surface area (Å²) < 4.78 is 29.7. The van der Waals surface area contributed by atoms with Gasteiger partial charge < -0.3 is 14.0 Å². The Morgan fingerprint density at radius 3 is 2.83 bits per heavy atom. The van der Waals surface area contributed by atoms with E-state index >= 15 is 0 Å². The predicted octanol–water partition coefficient (Wildman–Crippen LogP) is 2.22. The number of hydrogen-bond donors (Lipinski definition) is 0. The third-order valence-corrected chi connectivity index (χ3v) is 4.32. The van der Waals surface area contributed by atoms with E-state index in [1.807, 2.05) is 12.1 Å². The number of halogens is 1. The molecule has 130 valence electrons. The first-order chi connectivity index (χ1) is 11.7. The van der Waals surface area contributed by atoms with Gasteiger partial charge in [0.25, 0.3) is 0 Å². The third-order valence-electron chi connectivity index (χ3n) is 4.32. The molecule has 0 spiro atoms. The van der Waals surface area contributed by atoms with Gasteiger partial charge in [-0.3, -0.25) is 4.90 Å². The van der Waals surface area contributed by atoms with Gasteiger partial charge in [-0.05, 0) is 6.07 Å². The second-order valence-corrected chi connectivity index (χ2v) is 6.09. The molecule has 6 nitrogen and oxygen atoms in total. The summed E-state index contributed by atoms with van der Waals surface area (Å²) in [6, 6.07) is 6.87. The van der Waals surface area contributed by atoms with Crippen molar-refractivity contribution in [2.45, 2.75) is 19.1 Å². The number of aromatic nitrogens is 2. The quantitative estimate of drug-likeness (QED) is 0.773. The molecule has 0 unspecified atom stereocenters. The molecule has 3 rings (SSSR count). The summed E-state index contributed by atoms with van der Waals surface area (Å²) in [5.74, 6) is 1.27. The molecule has 0 radical (unpaired) electrons. The second kappa shape index (κ2) is 7.83. The van der Waals surface area contributed by atoms with Gasteiger partial charge in [0.15, 0.2) is 5.82 Å². The third kappa shape index (κ3) is 3.80. The monoisotopic (exact) mass is 335 g/mol. The molecule has 2 heterocycles. The van der Waals surface area contributed by atoms with Gasteiger partial charge in [0, 0.05) is 45.3 Å². The molecular weight excluding hydrogens is 313 g/mol. The first-order valence-corrected chi connectivity index (χ1v) is 7.97. The largest absolute Gasteiger partial charge is 0.384 e. The van der Waals surface area contributed by atoms with Crippen LogP contribution in [0.25, 0.3) is 0 Å². The Labute approximate surface area is 140 Å². The molecule has 1 saturated heterocycles. The van der Waals surface area contributed by atoms with Gasteiger partial charge >= 0.3 is 0 Å². The summed E-state index contributed by atoms with van der Waals surface area (Å²) in [4.78, 5) is 6.62. The molecule has 0 aliphatic carbocycles. The summed E-state index contributed by atoms with van der Waals surface area (Å²) in [5, 5.41) is 3.94. The Hall–Kier alpha value is -1.83. The van der Waals surface area contributed by atoms with Crippen LogP contribution in [0.3, 0.4) is 0 Å². The van der Waals surface area contributed by atoms with Crippen LogP contribution in [-0.4, -0.2) is 49.0 Å². The first kappa shape index (κ1) is 17.0. The molecule has 7 heteroatoms. The average molecular weight is 335 g/mol. The number of ether oxygens (including phenoxy) is 2. The van der Waals surface area contributed by atoms with E-state index in [9.17, 15) is 4.39 Å². The predicted molar refractivity (Wildman–Crippen MR) is 84.8 cm³/mol. The SMILES string of the molecule is COCc1noc([C@@H]2CN(Cc3ccccc3F)C[C@H]2COC)n1. The van der Waals surface area contributed by atoms with Crippen molar-refractivity contribution in [3.8, 4) is 0 Å². The van der Waals surface area contributed by atoms with Crippen molar-refractivity contribution in [2.24, 2.45) is 5.92 Å². The Morgan fingerprint density at radius 1 is 1.25 bits per heavy atom. The highest BCUT2D eigenvalue weighted by atomic mass is 19.1. The van der Waals surface area contributed by atoms with E-state index in [-0.39, 0.29) is 17.7 Å². The fraction of sp³-hybridized carbons (Fsp3) is 0.529. The standard InChI is InChI=1S/C17H22FN3O3/c1-22-10-13-8-21(7-12-5-3-4-6-15(12)18)9-14(13)17-19-16(11-23-2)20-24-17/h3-6,13-14H,7-11H2,1-2H3/t13-,14+/m0/s1. The van der Waals surface area contributed by atoms with Crippen molar-refractivity contribution < 1.29 is 18.4 Å². The highest BCUT2D eigenvalue weighted by Crippen LogP contribution is 2.33. The molecule has 24 heavy (non-hydrogen) atoms. The molecule has 1 aliphatic heterocycles. The number of rotatable bonds is 7. The number of likely N-dealkylation sites (tertiary alicyclic amines) is 1. The summed E-state index contributed by atoms with van der Waals surface area (Å²) in [6.07, 6.45) is 0. The van der Waals surface area contributed by atoms with Gasteiger partial charge in [0.2, 0.25) is 5.89 Å². The molecule has 1 aromatic heterocycles. The molecule has 0 N–H and O–H groups in total. The van der Waals surface area contributed by atoms with Crippen molar-refractivity contribution in [1.29, 1.82) is 0 Å². The Balaban J connectivity index is 1.72. The van der Waals surface area contributed by atoms with E-state index in [0.29, 0.717) is 37.0 Å². The van der Waals surface area contributed by atoms with Gasteiger partial charge in [-0.15, -0.1) is 0 Å². The van der Waals surface area contributed by atoms with Crippen molar-refractivity contribution >= 4 is 0 Å². The summed E-state index contributed by atoms with van der Waals surface area (Å²) in [6.45, 7) is 3.01. The van der Waals surface area contributed by atoms with E-state index in [1.54, 1.807) is 20.3 Å². The molecule has 2 atom stereocenters. The van der Waals surface area contributed by atoms with Crippen LogP contribution < -0.4 is 0 Å². The molecule has 1 fully saturated rings. The molecular formula is C17H22FN3O3. The Kier molecular flexibility index (Phi) is 5.55. The maximum atomic E-state index is 13.9. The molecule has 0 saturated carbocycles. The highest BCUT2D eigenvalue weighted by molar-refractivity contribution is 5.17. The van der Waals surface area contributed by atoms with E-state index in [1.165, 1.54) is 6.07 Å². The highest BCUT2D eigenvalue weighted by Gasteiger charge is 2.37. The first-order valence-electron chi connectivity index (χ1n) is 7.97. The van der Waals surface area contributed by atoms with Crippen LogP contribution in [0.15, 0.2) is 28.8 Å².